The first-order chi connectivity index (χ1) is 8.40. The Bertz CT molecular complexity index is 464. The lowest BCUT2D eigenvalue weighted by Gasteiger charge is -2.39. The lowest BCUT2D eigenvalue weighted by molar-refractivity contribution is -0.0999. The zero-order valence-electron chi connectivity index (χ0n) is 10.0. The van der Waals surface area contributed by atoms with E-state index in [9.17, 15) is 15.0 Å². The van der Waals surface area contributed by atoms with Crippen molar-refractivity contribution in [2.45, 2.75) is 25.0 Å². The van der Waals surface area contributed by atoms with Gasteiger partial charge in [-0.3, -0.25) is 9.78 Å². The molecule has 6 heteroatoms. The maximum absolute atomic E-state index is 12.1. The van der Waals surface area contributed by atoms with Crippen molar-refractivity contribution in [3.63, 3.8) is 0 Å². The van der Waals surface area contributed by atoms with Crippen LogP contribution in [0, 0.1) is 0 Å². The van der Waals surface area contributed by atoms with Gasteiger partial charge in [-0.05, 0) is 19.4 Å². The van der Waals surface area contributed by atoms with Crippen molar-refractivity contribution >= 4 is 17.5 Å². The molecule has 2 heterocycles. The summed E-state index contributed by atoms with van der Waals surface area (Å²) in [6, 6.07) is 1.54. The average Bonchev–Trinajstić information content (AvgIpc) is 2.32. The van der Waals surface area contributed by atoms with E-state index in [0.29, 0.717) is 23.6 Å². The SMILES string of the molecule is C[C@@]1(O)CCN(C(=O)c2cncc(Cl)c2)C[C@H]1O. The van der Waals surface area contributed by atoms with Gasteiger partial charge in [0.15, 0.2) is 0 Å². The fraction of sp³-hybridized carbons (Fsp3) is 0.500. The monoisotopic (exact) mass is 270 g/mol. The third-order valence-electron chi connectivity index (χ3n) is 3.24. The number of aliphatic hydroxyl groups excluding tert-OH is 1. The Balaban J connectivity index is 2.12. The fourth-order valence-electron chi connectivity index (χ4n) is 1.92. The van der Waals surface area contributed by atoms with Crippen molar-refractivity contribution in [3.8, 4) is 0 Å². The summed E-state index contributed by atoms with van der Waals surface area (Å²) in [5.41, 5.74) is -0.750. The van der Waals surface area contributed by atoms with Crippen LogP contribution in [0.4, 0.5) is 0 Å². The summed E-state index contributed by atoms with van der Waals surface area (Å²) in [6.45, 7) is 2.08. The zero-order valence-corrected chi connectivity index (χ0v) is 10.8. The number of amides is 1. The summed E-state index contributed by atoms with van der Waals surface area (Å²) >= 11 is 5.78. The number of piperidine rings is 1. The largest absolute Gasteiger partial charge is 0.388 e. The van der Waals surface area contributed by atoms with Gasteiger partial charge < -0.3 is 15.1 Å². The van der Waals surface area contributed by atoms with Gasteiger partial charge >= 0.3 is 0 Å². The standard InChI is InChI=1S/C12H15ClN2O3/c1-12(18)2-3-15(7-10(12)16)11(17)8-4-9(13)6-14-5-8/h4-6,10,16,18H,2-3,7H2,1H3/t10-,12-/m1/s1. The van der Waals surface area contributed by atoms with Crippen molar-refractivity contribution in [3.05, 3.63) is 29.0 Å². The number of β-amino-alcohol motifs (C(OH)–C–C–N with tert-alkyl or cyclic N) is 1. The number of pyridine rings is 1. The number of likely N-dealkylation sites (tertiary alicyclic amines) is 1. The second-order valence-electron chi connectivity index (χ2n) is 4.77. The summed E-state index contributed by atoms with van der Waals surface area (Å²) in [5, 5.41) is 20.0. The Morgan fingerprint density at radius 2 is 2.33 bits per heavy atom. The molecule has 2 N–H and O–H groups in total. The van der Waals surface area contributed by atoms with E-state index in [4.69, 9.17) is 11.6 Å². The van der Waals surface area contributed by atoms with Crippen LogP contribution in [0.25, 0.3) is 0 Å². The Morgan fingerprint density at radius 1 is 1.61 bits per heavy atom. The molecular formula is C12H15ClN2O3. The number of hydrogen-bond donors (Lipinski definition) is 2. The molecule has 0 saturated carbocycles. The Labute approximate surface area is 110 Å². The predicted octanol–water partition coefficient (Wildman–Crippen LogP) is 0.693. The van der Waals surface area contributed by atoms with Crippen molar-refractivity contribution in [2.75, 3.05) is 13.1 Å². The number of aromatic nitrogens is 1. The Kier molecular flexibility index (Phi) is 3.56. The molecule has 1 fully saturated rings. The lowest BCUT2D eigenvalue weighted by atomic mass is 9.90. The van der Waals surface area contributed by atoms with Crippen molar-refractivity contribution in [1.82, 2.24) is 9.88 Å². The van der Waals surface area contributed by atoms with Crippen LogP contribution < -0.4 is 0 Å². The molecule has 0 bridgehead atoms. The van der Waals surface area contributed by atoms with E-state index < -0.39 is 11.7 Å². The third-order valence-corrected chi connectivity index (χ3v) is 3.44. The van der Waals surface area contributed by atoms with Gasteiger partial charge in [-0.25, -0.2) is 0 Å². The Hall–Kier alpha value is -1.17. The van der Waals surface area contributed by atoms with Crippen molar-refractivity contribution < 1.29 is 15.0 Å². The van der Waals surface area contributed by atoms with E-state index in [2.05, 4.69) is 4.98 Å². The molecule has 2 atom stereocenters. The van der Waals surface area contributed by atoms with Crippen LogP contribution >= 0.6 is 11.6 Å². The van der Waals surface area contributed by atoms with Crippen molar-refractivity contribution in [2.24, 2.45) is 0 Å². The Morgan fingerprint density at radius 3 is 2.94 bits per heavy atom. The van der Waals surface area contributed by atoms with E-state index in [0.717, 1.165) is 0 Å². The molecule has 0 aromatic carbocycles. The molecule has 1 aliphatic rings. The minimum absolute atomic E-state index is 0.109. The summed E-state index contributed by atoms with van der Waals surface area (Å²) in [6.07, 6.45) is 2.29. The van der Waals surface area contributed by atoms with E-state index in [1.807, 2.05) is 0 Å². The van der Waals surface area contributed by atoms with Crippen LogP contribution in [0.5, 0.6) is 0 Å². The van der Waals surface area contributed by atoms with Crippen LogP contribution in [0.3, 0.4) is 0 Å². The van der Waals surface area contributed by atoms with Crippen LogP contribution in [-0.2, 0) is 0 Å². The molecular weight excluding hydrogens is 256 g/mol. The quantitative estimate of drug-likeness (QED) is 0.788. The number of rotatable bonds is 1. The number of halogens is 1. The van der Waals surface area contributed by atoms with Gasteiger partial charge in [-0.2, -0.15) is 0 Å². The topological polar surface area (TPSA) is 73.7 Å². The van der Waals surface area contributed by atoms with Gasteiger partial charge in [0.05, 0.1) is 22.3 Å². The van der Waals surface area contributed by atoms with E-state index >= 15 is 0 Å². The van der Waals surface area contributed by atoms with Gasteiger partial charge in [-0.1, -0.05) is 11.6 Å². The van der Waals surface area contributed by atoms with Gasteiger partial charge in [0, 0.05) is 25.5 Å². The highest BCUT2D eigenvalue weighted by molar-refractivity contribution is 6.30. The first kappa shape index (κ1) is 13.3. The van der Waals surface area contributed by atoms with E-state index in [-0.39, 0.29) is 12.5 Å². The summed E-state index contributed by atoms with van der Waals surface area (Å²) in [7, 11) is 0. The lowest BCUT2D eigenvalue weighted by Crippen LogP contribution is -2.55. The molecule has 5 nitrogen and oxygen atoms in total. The number of carbonyl (C=O) groups is 1. The first-order valence-corrected chi connectivity index (χ1v) is 6.08. The molecule has 18 heavy (non-hydrogen) atoms. The van der Waals surface area contributed by atoms with Gasteiger partial charge in [0.2, 0.25) is 0 Å². The highest BCUT2D eigenvalue weighted by atomic mass is 35.5. The molecule has 0 radical (unpaired) electrons. The molecule has 1 aromatic rings. The molecule has 2 rings (SSSR count). The van der Waals surface area contributed by atoms with Crippen molar-refractivity contribution in [1.29, 1.82) is 0 Å². The predicted molar refractivity (Wildman–Crippen MR) is 66.4 cm³/mol. The smallest absolute Gasteiger partial charge is 0.255 e. The third kappa shape index (κ3) is 2.63. The van der Waals surface area contributed by atoms with Crippen LogP contribution in [0.1, 0.15) is 23.7 Å². The molecule has 1 aliphatic heterocycles. The highest BCUT2D eigenvalue weighted by Crippen LogP contribution is 2.23. The summed E-state index contributed by atoms with van der Waals surface area (Å²) < 4.78 is 0. The second-order valence-corrected chi connectivity index (χ2v) is 5.20. The van der Waals surface area contributed by atoms with Crippen LogP contribution in [0.2, 0.25) is 5.02 Å². The van der Waals surface area contributed by atoms with E-state index in [1.165, 1.54) is 23.4 Å². The second kappa shape index (κ2) is 4.84. The maximum atomic E-state index is 12.1. The van der Waals surface area contributed by atoms with Gasteiger partial charge in [0.1, 0.15) is 0 Å². The maximum Gasteiger partial charge on any atom is 0.255 e. The molecule has 1 saturated heterocycles. The van der Waals surface area contributed by atoms with Gasteiger partial charge in [-0.15, -0.1) is 0 Å². The minimum Gasteiger partial charge on any atom is -0.388 e. The van der Waals surface area contributed by atoms with Crippen LogP contribution in [0.15, 0.2) is 18.5 Å². The summed E-state index contributed by atoms with van der Waals surface area (Å²) in [4.78, 5) is 17.5. The first-order valence-electron chi connectivity index (χ1n) is 5.70. The minimum atomic E-state index is -1.14. The van der Waals surface area contributed by atoms with E-state index in [1.54, 1.807) is 6.92 Å². The summed E-state index contributed by atoms with van der Waals surface area (Å²) in [5.74, 6) is -0.237. The normalized spacial score (nSPS) is 28.2. The number of carbonyl (C=O) groups excluding carboxylic acids is 1. The molecule has 0 spiro atoms. The number of hydrogen-bond acceptors (Lipinski definition) is 4. The average molecular weight is 271 g/mol. The molecule has 1 amide bonds. The molecule has 98 valence electrons. The molecule has 1 aromatic heterocycles. The highest BCUT2D eigenvalue weighted by Gasteiger charge is 2.38. The zero-order chi connectivity index (χ0) is 13.3. The fourth-order valence-corrected chi connectivity index (χ4v) is 2.09. The number of nitrogens with zero attached hydrogens (tertiary/aromatic N) is 2. The van der Waals surface area contributed by atoms with Gasteiger partial charge in [0.25, 0.3) is 5.91 Å². The number of aliphatic hydroxyl groups is 2. The van der Waals surface area contributed by atoms with Crippen LogP contribution in [-0.4, -0.2) is 50.8 Å². The molecule has 0 aliphatic carbocycles. The molecule has 0 unspecified atom stereocenters.